The number of aryl methyl sites for hydroxylation is 1. The summed E-state index contributed by atoms with van der Waals surface area (Å²) in [6, 6.07) is 9.30. The Morgan fingerprint density at radius 2 is 1.95 bits per heavy atom. The van der Waals surface area contributed by atoms with Gasteiger partial charge in [0.2, 0.25) is 0 Å². The molecule has 0 bridgehead atoms. The summed E-state index contributed by atoms with van der Waals surface area (Å²) in [4.78, 5) is 2.09. The van der Waals surface area contributed by atoms with Crippen LogP contribution in [0.3, 0.4) is 0 Å². The number of rotatable bonds is 6. The average Bonchev–Trinajstić information content (AvgIpc) is 2.83. The lowest BCUT2D eigenvalue weighted by Gasteiger charge is -2.17. The van der Waals surface area contributed by atoms with E-state index in [4.69, 9.17) is 9.15 Å². The fraction of sp³-hybridized carbons (Fsp3) is 0.333. The highest BCUT2D eigenvalue weighted by Gasteiger charge is 2.17. The molecular weight excluding hydrogens is 269 g/mol. The van der Waals surface area contributed by atoms with Crippen molar-refractivity contribution in [3.63, 3.8) is 0 Å². The molecule has 0 atom stereocenters. The van der Waals surface area contributed by atoms with Crippen LogP contribution in [0.25, 0.3) is 0 Å². The first kappa shape index (κ1) is 15.6. The summed E-state index contributed by atoms with van der Waals surface area (Å²) >= 11 is 0. The van der Waals surface area contributed by atoms with Gasteiger partial charge in [-0.1, -0.05) is 12.1 Å². The zero-order valence-electron chi connectivity index (χ0n) is 12.5. The van der Waals surface area contributed by atoms with Gasteiger partial charge in [0, 0.05) is 12.0 Å². The van der Waals surface area contributed by atoms with Crippen LogP contribution in [0.4, 0.5) is 0 Å². The molecule has 0 saturated carbocycles. The van der Waals surface area contributed by atoms with Gasteiger partial charge in [-0.05, 0) is 37.7 Å². The Morgan fingerprint density at radius 1 is 1.19 bits per heavy atom. The largest absolute Gasteiger partial charge is 0.497 e. The second kappa shape index (κ2) is 6.80. The number of nitrogens with zero attached hydrogens (tertiary/aromatic N) is 1. The van der Waals surface area contributed by atoms with Crippen LogP contribution in [0, 0.1) is 6.92 Å². The van der Waals surface area contributed by atoms with Crippen molar-refractivity contribution in [3.8, 4) is 5.75 Å². The Hall–Kier alpha value is -1.76. The average molecular weight is 289 g/mol. The van der Waals surface area contributed by atoms with Gasteiger partial charge in [0.15, 0.2) is 0 Å². The number of furan rings is 1. The molecule has 2 rings (SSSR count). The van der Waals surface area contributed by atoms with Crippen LogP contribution in [-0.2, 0) is 13.1 Å². The molecule has 1 heterocycles. The minimum Gasteiger partial charge on any atom is -0.497 e. The zero-order valence-corrected chi connectivity index (χ0v) is 12.5. The number of hydrogen-bond acceptors (Lipinski definition) is 5. The third kappa shape index (κ3) is 4.11. The van der Waals surface area contributed by atoms with Crippen molar-refractivity contribution >= 4 is 12.6 Å². The normalized spacial score (nSPS) is 11.0. The number of hydrogen-bond donors (Lipinski definition) is 2. The van der Waals surface area contributed by atoms with E-state index < -0.39 is 7.12 Å². The van der Waals surface area contributed by atoms with E-state index in [9.17, 15) is 10.0 Å². The third-order valence-electron chi connectivity index (χ3n) is 3.25. The Labute approximate surface area is 124 Å². The van der Waals surface area contributed by atoms with Crippen LogP contribution in [-0.4, -0.2) is 36.2 Å². The molecule has 1 aromatic carbocycles. The smallest absolute Gasteiger partial charge is 0.492 e. The SMILES string of the molecule is COc1ccc(CN(C)Cc2ccc(C)o2)cc1B(O)O. The summed E-state index contributed by atoms with van der Waals surface area (Å²) < 4.78 is 10.7. The van der Waals surface area contributed by atoms with Crippen molar-refractivity contribution in [2.75, 3.05) is 14.2 Å². The molecular formula is C15H20BNO4. The molecule has 0 radical (unpaired) electrons. The van der Waals surface area contributed by atoms with E-state index >= 15 is 0 Å². The van der Waals surface area contributed by atoms with Crippen LogP contribution in [0.2, 0.25) is 0 Å². The molecule has 5 nitrogen and oxygen atoms in total. The molecule has 0 saturated heterocycles. The van der Waals surface area contributed by atoms with Crippen molar-refractivity contribution in [3.05, 3.63) is 47.4 Å². The van der Waals surface area contributed by atoms with Gasteiger partial charge in [0.25, 0.3) is 0 Å². The summed E-state index contributed by atoms with van der Waals surface area (Å²) in [7, 11) is 1.95. The van der Waals surface area contributed by atoms with Crippen LogP contribution in [0.5, 0.6) is 5.75 Å². The molecule has 0 unspecified atom stereocenters. The van der Waals surface area contributed by atoms with Gasteiger partial charge in [-0.3, -0.25) is 4.90 Å². The van der Waals surface area contributed by atoms with Crippen LogP contribution < -0.4 is 10.2 Å². The maximum absolute atomic E-state index is 9.38. The van der Waals surface area contributed by atoms with E-state index in [0.717, 1.165) is 17.1 Å². The highest BCUT2D eigenvalue weighted by atomic mass is 16.5. The van der Waals surface area contributed by atoms with Gasteiger partial charge >= 0.3 is 7.12 Å². The Morgan fingerprint density at radius 3 is 2.52 bits per heavy atom. The van der Waals surface area contributed by atoms with E-state index in [1.807, 2.05) is 32.2 Å². The lowest BCUT2D eigenvalue weighted by Crippen LogP contribution is -2.32. The first-order valence-electron chi connectivity index (χ1n) is 6.76. The zero-order chi connectivity index (χ0) is 15.4. The standard InChI is InChI=1S/C15H20BNO4/c1-11-4-6-13(21-11)10-17(2)9-12-5-7-15(20-3)14(8-12)16(18)19/h4-8,18-19H,9-10H2,1-3H3. The molecule has 1 aromatic heterocycles. The predicted molar refractivity (Wildman–Crippen MR) is 81.4 cm³/mol. The molecule has 0 aliphatic heterocycles. The third-order valence-corrected chi connectivity index (χ3v) is 3.25. The van der Waals surface area contributed by atoms with E-state index in [1.54, 1.807) is 12.1 Å². The summed E-state index contributed by atoms with van der Waals surface area (Å²) in [6.07, 6.45) is 0. The molecule has 0 spiro atoms. The van der Waals surface area contributed by atoms with Crippen LogP contribution in [0.15, 0.2) is 34.7 Å². The van der Waals surface area contributed by atoms with E-state index in [-0.39, 0.29) is 0 Å². The second-order valence-corrected chi connectivity index (χ2v) is 5.13. The summed E-state index contributed by atoms with van der Waals surface area (Å²) in [5, 5.41) is 18.8. The second-order valence-electron chi connectivity index (χ2n) is 5.13. The van der Waals surface area contributed by atoms with Crippen LogP contribution >= 0.6 is 0 Å². The Balaban J connectivity index is 2.06. The molecule has 6 heteroatoms. The number of benzene rings is 1. The number of methoxy groups -OCH3 is 1. The minimum atomic E-state index is -1.54. The fourth-order valence-electron chi connectivity index (χ4n) is 2.29. The minimum absolute atomic E-state index is 0.372. The molecule has 21 heavy (non-hydrogen) atoms. The van der Waals surface area contributed by atoms with E-state index in [1.165, 1.54) is 7.11 Å². The van der Waals surface area contributed by atoms with Crippen molar-refractivity contribution in [1.29, 1.82) is 0 Å². The molecule has 0 aliphatic carbocycles. The fourth-order valence-corrected chi connectivity index (χ4v) is 2.29. The molecule has 2 aromatic rings. The van der Waals surface area contributed by atoms with Crippen molar-refractivity contribution in [2.24, 2.45) is 0 Å². The highest BCUT2D eigenvalue weighted by Crippen LogP contribution is 2.14. The number of ether oxygens (including phenoxy) is 1. The van der Waals surface area contributed by atoms with Crippen molar-refractivity contribution in [1.82, 2.24) is 4.90 Å². The maximum atomic E-state index is 9.38. The van der Waals surface area contributed by atoms with Gasteiger partial charge in [-0.25, -0.2) is 0 Å². The summed E-state index contributed by atoms with van der Waals surface area (Å²) in [6.45, 7) is 3.28. The lowest BCUT2D eigenvalue weighted by molar-refractivity contribution is 0.285. The van der Waals surface area contributed by atoms with Gasteiger partial charge < -0.3 is 19.2 Å². The first-order chi connectivity index (χ1) is 9.99. The molecule has 112 valence electrons. The summed E-state index contributed by atoms with van der Waals surface area (Å²) in [5.74, 6) is 2.28. The molecule has 0 aliphatic rings. The Bertz CT molecular complexity index is 597. The highest BCUT2D eigenvalue weighted by molar-refractivity contribution is 6.59. The van der Waals surface area contributed by atoms with Crippen molar-refractivity contribution < 1.29 is 19.2 Å². The Kier molecular flexibility index (Phi) is 5.06. The van der Waals surface area contributed by atoms with Gasteiger partial charge in [0.1, 0.15) is 17.3 Å². The quantitative estimate of drug-likeness (QED) is 0.774. The first-order valence-corrected chi connectivity index (χ1v) is 6.76. The molecule has 0 fully saturated rings. The lowest BCUT2D eigenvalue weighted by atomic mass is 9.78. The van der Waals surface area contributed by atoms with Gasteiger partial charge in [0.05, 0.1) is 13.7 Å². The van der Waals surface area contributed by atoms with Crippen molar-refractivity contribution in [2.45, 2.75) is 20.0 Å². The molecule has 0 amide bonds. The van der Waals surface area contributed by atoms with Gasteiger partial charge in [-0.15, -0.1) is 0 Å². The monoisotopic (exact) mass is 289 g/mol. The molecule has 2 N–H and O–H groups in total. The summed E-state index contributed by atoms with van der Waals surface area (Å²) in [5.41, 5.74) is 1.35. The van der Waals surface area contributed by atoms with Crippen LogP contribution in [0.1, 0.15) is 17.1 Å². The van der Waals surface area contributed by atoms with E-state index in [0.29, 0.717) is 24.3 Å². The van der Waals surface area contributed by atoms with E-state index in [2.05, 4.69) is 4.90 Å². The maximum Gasteiger partial charge on any atom is 0.492 e. The topological polar surface area (TPSA) is 66.1 Å². The van der Waals surface area contributed by atoms with Gasteiger partial charge in [-0.2, -0.15) is 0 Å². The predicted octanol–water partition coefficient (Wildman–Crippen LogP) is 0.908.